The Kier molecular flexibility index (Phi) is 5.74. The summed E-state index contributed by atoms with van der Waals surface area (Å²) in [6.45, 7) is 1.71. The van der Waals surface area contributed by atoms with Gasteiger partial charge >= 0.3 is 5.97 Å². The van der Waals surface area contributed by atoms with E-state index in [0.717, 1.165) is 6.20 Å². The number of methoxy groups -OCH3 is 1. The maximum atomic E-state index is 12.2. The zero-order valence-electron chi connectivity index (χ0n) is 13.0. The summed E-state index contributed by atoms with van der Waals surface area (Å²) in [5.74, 6) is -0.154. The van der Waals surface area contributed by atoms with Gasteiger partial charge in [0.15, 0.2) is 5.69 Å². The second kappa shape index (κ2) is 7.59. The van der Waals surface area contributed by atoms with E-state index in [0.29, 0.717) is 12.2 Å². The third-order valence-electron chi connectivity index (χ3n) is 2.94. The summed E-state index contributed by atoms with van der Waals surface area (Å²) in [7, 11) is -2.16. The number of halogens is 1. The number of aromatic nitrogens is 2. The van der Waals surface area contributed by atoms with Crippen molar-refractivity contribution in [1.82, 2.24) is 9.97 Å². The molecule has 0 saturated carbocycles. The Bertz CT molecular complexity index is 837. The first kappa shape index (κ1) is 18.2. The van der Waals surface area contributed by atoms with E-state index < -0.39 is 21.0 Å². The molecule has 0 fully saturated rings. The van der Waals surface area contributed by atoms with Crippen LogP contribution in [0.4, 0.5) is 0 Å². The number of hydrogen-bond donors (Lipinski definition) is 0. The van der Waals surface area contributed by atoms with Gasteiger partial charge in [-0.25, -0.2) is 23.2 Å². The van der Waals surface area contributed by atoms with E-state index >= 15 is 0 Å². The summed E-state index contributed by atoms with van der Waals surface area (Å²) in [5.41, 5.74) is -0.308. The van der Waals surface area contributed by atoms with Gasteiger partial charge in [0.25, 0.3) is 0 Å². The van der Waals surface area contributed by atoms with Crippen LogP contribution in [-0.4, -0.2) is 37.2 Å². The molecule has 1 heterocycles. The average Bonchev–Trinajstić information content (AvgIpc) is 2.55. The summed E-state index contributed by atoms with van der Waals surface area (Å²) in [4.78, 5) is 19.7. The highest BCUT2D eigenvalue weighted by atomic mass is 35.5. The van der Waals surface area contributed by atoms with Crippen molar-refractivity contribution in [2.45, 2.75) is 18.5 Å². The molecule has 0 aliphatic rings. The second-order valence-corrected chi connectivity index (χ2v) is 7.14. The molecule has 0 unspecified atom stereocenters. The lowest BCUT2D eigenvalue weighted by atomic mass is 10.3. The number of sulfone groups is 1. The fraction of sp³-hybridized carbons (Fsp3) is 0.267. The van der Waals surface area contributed by atoms with Gasteiger partial charge in [0.1, 0.15) is 11.5 Å². The number of benzene rings is 1. The zero-order valence-corrected chi connectivity index (χ0v) is 14.6. The molecule has 2 rings (SSSR count). The van der Waals surface area contributed by atoms with Crippen LogP contribution in [0.3, 0.4) is 0 Å². The van der Waals surface area contributed by atoms with Crippen molar-refractivity contribution in [3.63, 3.8) is 0 Å². The first-order valence-corrected chi connectivity index (χ1v) is 9.02. The molecule has 9 heteroatoms. The first-order valence-electron chi connectivity index (χ1n) is 6.99. The molecule has 0 aliphatic carbocycles. The van der Waals surface area contributed by atoms with Crippen molar-refractivity contribution >= 4 is 27.4 Å². The third-order valence-corrected chi connectivity index (χ3v) is 4.91. The molecule has 0 N–H and O–H groups in total. The summed E-state index contributed by atoms with van der Waals surface area (Å²) in [6, 6.07) is 6.28. The van der Waals surface area contributed by atoms with Gasteiger partial charge in [-0.2, -0.15) is 0 Å². The van der Waals surface area contributed by atoms with Crippen LogP contribution in [0.25, 0.3) is 0 Å². The van der Waals surface area contributed by atoms with Crippen molar-refractivity contribution in [2.24, 2.45) is 0 Å². The fourth-order valence-electron chi connectivity index (χ4n) is 1.80. The molecular formula is C15H15ClN2O5S. The van der Waals surface area contributed by atoms with Crippen molar-refractivity contribution in [3.05, 3.63) is 41.2 Å². The van der Waals surface area contributed by atoms with Gasteiger partial charge in [-0.05, 0) is 30.7 Å². The topological polar surface area (TPSA) is 95.5 Å². The summed E-state index contributed by atoms with van der Waals surface area (Å²) < 4.78 is 34.2. The highest BCUT2D eigenvalue weighted by Gasteiger charge is 2.22. The highest BCUT2D eigenvalue weighted by molar-refractivity contribution is 7.91. The number of esters is 1. The maximum absolute atomic E-state index is 12.2. The van der Waals surface area contributed by atoms with Gasteiger partial charge in [-0.15, -0.1) is 0 Å². The minimum Gasteiger partial charge on any atom is -0.497 e. The standard InChI is InChI=1S/C15H15ClN2O5S/c1-3-8-24(20,21)15-17-9-12(16)13(18-15)14(19)23-11-6-4-10(22-2)5-7-11/h4-7,9H,3,8H2,1-2H3. The fourth-order valence-corrected chi connectivity index (χ4v) is 3.14. The van der Waals surface area contributed by atoms with E-state index in [1.807, 2.05) is 0 Å². The van der Waals surface area contributed by atoms with Gasteiger partial charge in [-0.3, -0.25) is 0 Å². The van der Waals surface area contributed by atoms with E-state index in [4.69, 9.17) is 21.1 Å². The van der Waals surface area contributed by atoms with Crippen molar-refractivity contribution in [3.8, 4) is 11.5 Å². The minimum atomic E-state index is -3.67. The van der Waals surface area contributed by atoms with E-state index in [1.54, 1.807) is 19.1 Å². The van der Waals surface area contributed by atoms with Gasteiger partial charge in [0, 0.05) is 0 Å². The van der Waals surface area contributed by atoms with E-state index in [2.05, 4.69) is 9.97 Å². The van der Waals surface area contributed by atoms with Crippen LogP contribution >= 0.6 is 11.6 Å². The Hall–Kier alpha value is -2.19. The van der Waals surface area contributed by atoms with E-state index in [-0.39, 0.29) is 22.2 Å². The Morgan fingerprint density at radius 3 is 2.42 bits per heavy atom. The van der Waals surface area contributed by atoms with E-state index in [9.17, 15) is 13.2 Å². The predicted octanol–water partition coefficient (Wildman–Crippen LogP) is 2.54. The molecular weight excluding hydrogens is 356 g/mol. The smallest absolute Gasteiger partial charge is 0.364 e. The normalized spacial score (nSPS) is 11.1. The Labute approximate surface area is 144 Å². The molecule has 0 spiro atoms. The molecule has 128 valence electrons. The quantitative estimate of drug-likeness (QED) is 0.438. The van der Waals surface area contributed by atoms with Gasteiger partial charge in [0.05, 0.1) is 24.1 Å². The second-order valence-electron chi connectivity index (χ2n) is 4.73. The summed E-state index contributed by atoms with van der Waals surface area (Å²) in [5, 5.41) is -0.542. The lowest BCUT2D eigenvalue weighted by molar-refractivity contribution is 0.0727. The van der Waals surface area contributed by atoms with Crippen molar-refractivity contribution < 1.29 is 22.7 Å². The van der Waals surface area contributed by atoms with Gasteiger partial charge < -0.3 is 9.47 Å². The highest BCUT2D eigenvalue weighted by Crippen LogP contribution is 2.21. The Balaban J connectivity index is 2.28. The summed E-state index contributed by atoms with van der Waals surface area (Å²) >= 11 is 5.89. The Morgan fingerprint density at radius 2 is 1.83 bits per heavy atom. The molecule has 0 saturated heterocycles. The van der Waals surface area contributed by atoms with Crippen LogP contribution in [0.5, 0.6) is 11.5 Å². The lowest BCUT2D eigenvalue weighted by Crippen LogP contribution is -2.17. The predicted molar refractivity (Wildman–Crippen MR) is 87.3 cm³/mol. The molecule has 0 bridgehead atoms. The van der Waals surface area contributed by atoms with Crippen LogP contribution in [0.1, 0.15) is 23.8 Å². The molecule has 0 radical (unpaired) electrons. The Morgan fingerprint density at radius 1 is 1.21 bits per heavy atom. The average molecular weight is 371 g/mol. The number of carbonyl (C=O) groups is 1. The van der Waals surface area contributed by atoms with Crippen molar-refractivity contribution in [1.29, 1.82) is 0 Å². The van der Waals surface area contributed by atoms with Gasteiger partial charge in [-0.1, -0.05) is 18.5 Å². The molecule has 0 atom stereocenters. The number of hydrogen-bond acceptors (Lipinski definition) is 7. The molecule has 0 amide bonds. The zero-order chi connectivity index (χ0) is 17.7. The van der Waals surface area contributed by atoms with Crippen molar-refractivity contribution in [2.75, 3.05) is 12.9 Å². The lowest BCUT2D eigenvalue weighted by Gasteiger charge is -2.07. The molecule has 1 aromatic heterocycles. The number of rotatable bonds is 6. The number of ether oxygens (including phenoxy) is 2. The van der Waals surface area contributed by atoms with Crippen LogP contribution in [-0.2, 0) is 9.84 Å². The third kappa shape index (κ3) is 4.21. The monoisotopic (exact) mass is 370 g/mol. The SMILES string of the molecule is CCCS(=O)(=O)c1ncc(Cl)c(C(=O)Oc2ccc(OC)cc2)n1. The largest absolute Gasteiger partial charge is 0.497 e. The molecule has 0 aliphatic heterocycles. The number of nitrogens with zero attached hydrogens (tertiary/aromatic N) is 2. The molecule has 24 heavy (non-hydrogen) atoms. The van der Waals surface area contributed by atoms with Crippen LogP contribution in [0.2, 0.25) is 5.02 Å². The van der Waals surface area contributed by atoms with Gasteiger partial charge in [0.2, 0.25) is 15.0 Å². The minimum absolute atomic E-state index is 0.0936. The molecule has 1 aromatic carbocycles. The first-order chi connectivity index (χ1) is 11.4. The van der Waals surface area contributed by atoms with Crippen LogP contribution < -0.4 is 9.47 Å². The molecule has 2 aromatic rings. The summed E-state index contributed by atoms with van der Waals surface area (Å²) in [6.07, 6.45) is 1.47. The van der Waals surface area contributed by atoms with E-state index in [1.165, 1.54) is 19.2 Å². The number of carbonyl (C=O) groups excluding carboxylic acids is 1. The molecule has 7 nitrogen and oxygen atoms in total. The van der Waals surface area contributed by atoms with Crippen LogP contribution in [0.15, 0.2) is 35.6 Å². The van der Waals surface area contributed by atoms with Crippen LogP contribution in [0, 0.1) is 0 Å². The maximum Gasteiger partial charge on any atom is 0.364 e.